The zero-order valence-corrected chi connectivity index (χ0v) is 7.30. The molecule has 0 saturated heterocycles. The summed E-state index contributed by atoms with van der Waals surface area (Å²) in [5.41, 5.74) is 0. The van der Waals surface area contributed by atoms with E-state index in [1.807, 2.05) is 6.92 Å². The number of allylic oxidation sites excluding steroid dienone is 3. The summed E-state index contributed by atoms with van der Waals surface area (Å²) in [5.74, 6) is -4.16. The van der Waals surface area contributed by atoms with Crippen molar-refractivity contribution in [1.82, 2.24) is 0 Å². The summed E-state index contributed by atoms with van der Waals surface area (Å²) in [4.78, 5) is 20.7. The van der Waals surface area contributed by atoms with Gasteiger partial charge < -0.3 is 10.2 Å². The van der Waals surface area contributed by atoms with Gasteiger partial charge in [0.1, 0.15) is 0 Å². The summed E-state index contributed by atoms with van der Waals surface area (Å²) in [6.45, 7) is 1.93. The fourth-order valence-corrected chi connectivity index (χ4v) is 0.660. The van der Waals surface area contributed by atoms with Gasteiger partial charge in [-0.3, -0.25) is 9.59 Å². The Morgan fingerprint density at radius 1 is 1.23 bits per heavy atom. The average Bonchev–Trinajstić information content (AvgIpc) is 2.02. The molecule has 0 aromatic carbocycles. The molecule has 2 N–H and O–H groups in total. The SMILES string of the molecule is CCC=CC=CC(C(=O)O)C(=O)O. The number of hydrogen-bond acceptors (Lipinski definition) is 2. The van der Waals surface area contributed by atoms with E-state index in [4.69, 9.17) is 10.2 Å². The van der Waals surface area contributed by atoms with Crippen LogP contribution in [0.1, 0.15) is 13.3 Å². The van der Waals surface area contributed by atoms with Crippen LogP contribution in [0.4, 0.5) is 0 Å². The molecule has 0 aromatic rings. The van der Waals surface area contributed by atoms with Gasteiger partial charge >= 0.3 is 11.9 Å². The molecule has 0 aliphatic heterocycles. The zero-order chi connectivity index (χ0) is 10.3. The first kappa shape index (κ1) is 11.4. The molecule has 0 aromatic heterocycles. The zero-order valence-electron chi connectivity index (χ0n) is 7.30. The Hall–Kier alpha value is -1.58. The minimum atomic E-state index is -1.46. The highest BCUT2D eigenvalue weighted by molar-refractivity contribution is 5.95. The normalized spacial score (nSPS) is 11.5. The van der Waals surface area contributed by atoms with Crippen LogP contribution in [-0.2, 0) is 9.59 Å². The van der Waals surface area contributed by atoms with Crippen LogP contribution in [-0.4, -0.2) is 22.2 Å². The second-order valence-corrected chi connectivity index (χ2v) is 2.38. The molecule has 0 amide bonds. The number of aliphatic carboxylic acids is 2. The van der Waals surface area contributed by atoms with Crippen molar-refractivity contribution >= 4 is 11.9 Å². The molecule has 4 nitrogen and oxygen atoms in total. The van der Waals surface area contributed by atoms with Crippen LogP contribution in [0.15, 0.2) is 24.3 Å². The van der Waals surface area contributed by atoms with Crippen LogP contribution >= 0.6 is 0 Å². The molecule has 0 aliphatic carbocycles. The van der Waals surface area contributed by atoms with Crippen molar-refractivity contribution < 1.29 is 19.8 Å². The Labute approximate surface area is 76.2 Å². The lowest BCUT2D eigenvalue weighted by molar-refractivity contribution is -0.151. The molecule has 0 radical (unpaired) electrons. The molecule has 0 saturated carbocycles. The standard InChI is InChI=1S/C9H12O4/c1-2-3-4-5-6-7(8(10)11)9(12)13/h3-7H,2H2,1H3,(H,10,11)(H,12,13). The smallest absolute Gasteiger partial charge is 0.321 e. The van der Waals surface area contributed by atoms with Crippen LogP contribution in [0.25, 0.3) is 0 Å². The van der Waals surface area contributed by atoms with E-state index in [9.17, 15) is 9.59 Å². The molecule has 0 heterocycles. The Balaban J connectivity index is 4.26. The predicted octanol–water partition coefficient (Wildman–Crippen LogP) is 1.29. The number of carbonyl (C=O) groups is 2. The molecular weight excluding hydrogens is 172 g/mol. The summed E-state index contributed by atoms with van der Waals surface area (Å²) in [7, 11) is 0. The van der Waals surface area contributed by atoms with E-state index in [1.54, 1.807) is 12.2 Å². The Bertz CT molecular complexity index is 226. The monoisotopic (exact) mass is 184 g/mol. The Morgan fingerprint density at radius 3 is 2.15 bits per heavy atom. The first-order valence-corrected chi connectivity index (χ1v) is 3.88. The van der Waals surface area contributed by atoms with E-state index in [2.05, 4.69) is 0 Å². The first-order chi connectivity index (χ1) is 6.09. The number of rotatable bonds is 5. The second-order valence-electron chi connectivity index (χ2n) is 2.38. The Morgan fingerprint density at radius 2 is 1.77 bits per heavy atom. The van der Waals surface area contributed by atoms with Gasteiger partial charge in [-0.15, -0.1) is 0 Å². The molecule has 0 fully saturated rings. The van der Waals surface area contributed by atoms with E-state index in [0.717, 1.165) is 12.5 Å². The van der Waals surface area contributed by atoms with Gasteiger partial charge in [-0.05, 0) is 6.42 Å². The van der Waals surface area contributed by atoms with Crippen molar-refractivity contribution in [2.75, 3.05) is 0 Å². The molecule has 0 spiro atoms. The van der Waals surface area contributed by atoms with Gasteiger partial charge in [0.15, 0.2) is 5.92 Å². The van der Waals surface area contributed by atoms with E-state index in [1.165, 1.54) is 6.08 Å². The number of hydrogen-bond donors (Lipinski definition) is 2. The molecule has 0 rings (SSSR count). The third-order valence-electron chi connectivity index (χ3n) is 1.32. The highest BCUT2D eigenvalue weighted by Gasteiger charge is 2.21. The average molecular weight is 184 g/mol. The Kier molecular flexibility index (Phi) is 5.27. The van der Waals surface area contributed by atoms with Crippen molar-refractivity contribution in [3.63, 3.8) is 0 Å². The largest absolute Gasteiger partial charge is 0.480 e. The van der Waals surface area contributed by atoms with Crippen molar-refractivity contribution in [2.45, 2.75) is 13.3 Å². The van der Waals surface area contributed by atoms with Gasteiger partial charge in [-0.25, -0.2) is 0 Å². The second kappa shape index (κ2) is 5.99. The van der Waals surface area contributed by atoms with Crippen LogP contribution < -0.4 is 0 Å². The fourth-order valence-electron chi connectivity index (χ4n) is 0.660. The minimum absolute atomic E-state index is 0.829. The lowest BCUT2D eigenvalue weighted by atomic mass is 10.1. The fraction of sp³-hybridized carbons (Fsp3) is 0.333. The van der Waals surface area contributed by atoms with E-state index in [0.29, 0.717) is 0 Å². The third-order valence-corrected chi connectivity index (χ3v) is 1.32. The van der Waals surface area contributed by atoms with Crippen LogP contribution in [0.2, 0.25) is 0 Å². The highest BCUT2D eigenvalue weighted by atomic mass is 16.4. The molecule has 4 heteroatoms. The maximum atomic E-state index is 10.3. The summed E-state index contributed by atoms with van der Waals surface area (Å²) >= 11 is 0. The molecular formula is C9H12O4. The lowest BCUT2D eigenvalue weighted by Gasteiger charge is -1.98. The van der Waals surface area contributed by atoms with Crippen LogP contribution in [0, 0.1) is 5.92 Å². The first-order valence-electron chi connectivity index (χ1n) is 3.88. The van der Waals surface area contributed by atoms with Gasteiger partial charge in [-0.2, -0.15) is 0 Å². The van der Waals surface area contributed by atoms with Crippen molar-refractivity contribution in [3.8, 4) is 0 Å². The van der Waals surface area contributed by atoms with E-state index in [-0.39, 0.29) is 0 Å². The summed E-state index contributed by atoms with van der Waals surface area (Å²) in [6.07, 6.45) is 6.82. The maximum Gasteiger partial charge on any atom is 0.321 e. The molecule has 0 aliphatic rings. The quantitative estimate of drug-likeness (QED) is 0.498. The van der Waals surface area contributed by atoms with Gasteiger partial charge in [0.2, 0.25) is 0 Å². The summed E-state index contributed by atoms with van der Waals surface area (Å²) in [5, 5.41) is 16.9. The van der Waals surface area contributed by atoms with E-state index < -0.39 is 17.9 Å². The van der Waals surface area contributed by atoms with Crippen molar-refractivity contribution in [2.24, 2.45) is 5.92 Å². The number of carboxylic acid groups (broad SMARTS) is 2. The lowest BCUT2D eigenvalue weighted by Crippen LogP contribution is -2.20. The van der Waals surface area contributed by atoms with Crippen molar-refractivity contribution in [1.29, 1.82) is 0 Å². The maximum absolute atomic E-state index is 10.3. The predicted molar refractivity (Wildman–Crippen MR) is 47.3 cm³/mol. The van der Waals surface area contributed by atoms with Gasteiger partial charge in [0.05, 0.1) is 0 Å². The molecule has 0 unspecified atom stereocenters. The molecule has 0 atom stereocenters. The van der Waals surface area contributed by atoms with Crippen LogP contribution in [0.5, 0.6) is 0 Å². The van der Waals surface area contributed by atoms with Gasteiger partial charge in [0.25, 0.3) is 0 Å². The molecule has 0 bridgehead atoms. The van der Waals surface area contributed by atoms with Crippen molar-refractivity contribution in [3.05, 3.63) is 24.3 Å². The summed E-state index contributed by atoms with van der Waals surface area (Å²) in [6, 6.07) is 0. The molecule has 13 heavy (non-hydrogen) atoms. The summed E-state index contributed by atoms with van der Waals surface area (Å²) < 4.78 is 0. The highest BCUT2D eigenvalue weighted by Crippen LogP contribution is 1.99. The number of carboxylic acids is 2. The third kappa shape index (κ3) is 4.79. The molecule has 72 valence electrons. The van der Waals surface area contributed by atoms with E-state index >= 15 is 0 Å². The van der Waals surface area contributed by atoms with Gasteiger partial charge in [-0.1, -0.05) is 31.2 Å². The van der Waals surface area contributed by atoms with Crippen LogP contribution in [0.3, 0.4) is 0 Å². The minimum Gasteiger partial charge on any atom is -0.480 e. The topological polar surface area (TPSA) is 74.6 Å². The van der Waals surface area contributed by atoms with Gasteiger partial charge in [0, 0.05) is 0 Å².